The molecule has 2 aromatic carbocycles. The van der Waals surface area contributed by atoms with Crippen molar-refractivity contribution < 1.29 is 4.74 Å². The van der Waals surface area contributed by atoms with Gasteiger partial charge in [-0.05, 0) is 60.0 Å². The molecule has 3 rings (SSSR count). The van der Waals surface area contributed by atoms with Crippen LogP contribution in [0.3, 0.4) is 0 Å². The number of likely N-dealkylation sites (tertiary alicyclic amines) is 1. The number of nitriles is 1. The Bertz CT molecular complexity index is 846. The van der Waals surface area contributed by atoms with E-state index in [1.54, 1.807) is 13.3 Å². The van der Waals surface area contributed by atoms with Crippen molar-refractivity contribution in [2.45, 2.75) is 18.9 Å². The summed E-state index contributed by atoms with van der Waals surface area (Å²) in [6.07, 6.45) is 5.35. The predicted molar refractivity (Wildman–Crippen MR) is 99.4 cm³/mol. The molecule has 0 aromatic heterocycles. The number of ether oxygens (including phenoxy) is 1. The van der Waals surface area contributed by atoms with Gasteiger partial charge in [0.1, 0.15) is 5.75 Å². The number of hydrogen-bond donors (Lipinski definition) is 1. The fourth-order valence-corrected chi connectivity index (χ4v) is 3.41. The molecular formula is C21H21N3O. The van der Waals surface area contributed by atoms with Gasteiger partial charge in [-0.25, -0.2) is 0 Å². The van der Waals surface area contributed by atoms with Crippen LogP contribution in [0, 0.1) is 11.3 Å². The summed E-state index contributed by atoms with van der Waals surface area (Å²) < 4.78 is 5.25. The number of allylic oxidation sites excluding steroid dienone is 1. The van der Waals surface area contributed by atoms with Gasteiger partial charge >= 0.3 is 0 Å². The molecule has 1 atom stereocenters. The minimum absolute atomic E-state index is 0.164. The first-order chi connectivity index (χ1) is 12.2. The van der Waals surface area contributed by atoms with Crippen LogP contribution in [0.25, 0.3) is 11.1 Å². The van der Waals surface area contributed by atoms with Crippen molar-refractivity contribution in [1.29, 1.82) is 5.26 Å². The molecule has 126 valence electrons. The Kier molecular flexibility index (Phi) is 4.76. The third-order valence-corrected chi connectivity index (χ3v) is 4.67. The highest BCUT2D eigenvalue weighted by molar-refractivity contribution is 5.70. The van der Waals surface area contributed by atoms with Crippen LogP contribution in [-0.2, 0) is 0 Å². The van der Waals surface area contributed by atoms with Crippen molar-refractivity contribution in [1.82, 2.24) is 4.90 Å². The van der Waals surface area contributed by atoms with E-state index in [0.29, 0.717) is 5.56 Å². The van der Waals surface area contributed by atoms with Gasteiger partial charge in [-0.2, -0.15) is 5.26 Å². The molecule has 0 amide bonds. The Labute approximate surface area is 148 Å². The smallest absolute Gasteiger partial charge is 0.118 e. The third-order valence-electron chi connectivity index (χ3n) is 4.67. The molecular weight excluding hydrogens is 310 g/mol. The second-order valence-electron chi connectivity index (χ2n) is 5.94. The molecule has 1 heterocycles. The van der Waals surface area contributed by atoms with Crippen molar-refractivity contribution in [3.8, 4) is 22.9 Å². The molecule has 25 heavy (non-hydrogen) atoms. The topological polar surface area (TPSA) is 62.3 Å². The van der Waals surface area contributed by atoms with Gasteiger partial charge in [0.2, 0.25) is 0 Å². The van der Waals surface area contributed by atoms with E-state index in [-0.39, 0.29) is 6.04 Å². The van der Waals surface area contributed by atoms with E-state index in [2.05, 4.69) is 17.5 Å². The van der Waals surface area contributed by atoms with Crippen LogP contribution >= 0.6 is 0 Å². The van der Waals surface area contributed by atoms with Crippen LogP contribution in [0.15, 0.2) is 67.1 Å². The van der Waals surface area contributed by atoms with E-state index in [1.165, 1.54) is 5.56 Å². The fourth-order valence-electron chi connectivity index (χ4n) is 3.41. The highest BCUT2D eigenvalue weighted by atomic mass is 16.5. The minimum Gasteiger partial charge on any atom is -0.497 e. The average molecular weight is 331 g/mol. The summed E-state index contributed by atoms with van der Waals surface area (Å²) in [7, 11) is 1.65. The maximum absolute atomic E-state index is 9.30. The summed E-state index contributed by atoms with van der Waals surface area (Å²) in [6, 6.07) is 16.2. The van der Waals surface area contributed by atoms with E-state index >= 15 is 0 Å². The van der Waals surface area contributed by atoms with Gasteiger partial charge in [0.05, 0.1) is 24.8 Å². The van der Waals surface area contributed by atoms with Crippen molar-refractivity contribution in [2.24, 2.45) is 5.73 Å². The Morgan fingerprint density at radius 1 is 1.28 bits per heavy atom. The second-order valence-corrected chi connectivity index (χ2v) is 5.94. The highest BCUT2D eigenvalue weighted by Crippen LogP contribution is 2.42. The number of nitrogens with two attached hydrogens (primary N) is 1. The molecule has 0 radical (unpaired) electrons. The summed E-state index contributed by atoms with van der Waals surface area (Å²) in [4.78, 5) is 2.12. The van der Waals surface area contributed by atoms with Crippen molar-refractivity contribution in [3.63, 3.8) is 0 Å². The standard InChI is InChI=1S/C21H21N3O/c1-3-24-17(14-23)7-11-21(24)19-10-4-15(13-22)12-20(19)16-5-8-18(25-2)9-6-16/h3-6,8-10,12,14,21H,1,7,11,23H2,2H3/b17-14-. The maximum atomic E-state index is 9.30. The van der Waals surface area contributed by atoms with Crippen LogP contribution in [0.4, 0.5) is 0 Å². The number of rotatable bonds is 4. The minimum atomic E-state index is 0.164. The monoisotopic (exact) mass is 331 g/mol. The van der Waals surface area contributed by atoms with Crippen LogP contribution in [0.5, 0.6) is 5.75 Å². The summed E-state index contributed by atoms with van der Waals surface area (Å²) in [6.45, 7) is 3.94. The molecule has 1 aliphatic rings. The van der Waals surface area contributed by atoms with Gasteiger partial charge in [0.15, 0.2) is 0 Å². The van der Waals surface area contributed by atoms with Crippen LogP contribution in [0.1, 0.15) is 30.0 Å². The molecule has 1 unspecified atom stereocenters. The number of nitrogens with zero attached hydrogens (tertiary/aromatic N) is 2. The van der Waals surface area contributed by atoms with E-state index in [9.17, 15) is 5.26 Å². The fraction of sp³-hybridized carbons (Fsp3) is 0.190. The molecule has 1 fully saturated rings. The molecule has 0 bridgehead atoms. The average Bonchev–Trinajstić information content (AvgIpc) is 3.10. The lowest BCUT2D eigenvalue weighted by Crippen LogP contribution is -2.16. The molecule has 4 nitrogen and oxygen atoms in total. The van der Waals surface area contributed by atoms with Gasteiger partial charge in [-0.1, -0.05) is 24.8 Å². The highest BCUT2D eigenvalue weighted by Gasteiger charge is 2.29. The van der Waals surface area contributed by atoms with E-state index in [1.807, 2.05) is 48.7 Å². The van der Waals surface area contributed by atoms with E-state index in [0.717, 1.165) is 35.4 Å². The Morgan fingerprint density at radius 2 is 2.04 bits per heavy atom. The quantitative estimate of drug-likeness (QED) is 0.906. The van der Waals surface area contributed by atoms with Crippen molar-refractivity contribution in [3.05, 3.63) is 78.3 Å². The first-order valence-corrected chi connectivity index (χ1v) is 8.22. The van der Waals surface area contributed by atoms with Gasteiger partial charge in [-0.15, -0.1) is 0 Å². The molecule has 1 saturated heterocycles. The molecule has 0 saturated carbocycles. The van der Waals surface area contributed by atoms with Crippen molar-refractivity contribution in [2.75, 3.05) is 7.11 Å². The lowest BCUT2D eigenvalue weighted by molar-refractivity contribution is 0.403. The lowest BCUT2D eigenvalue weighted by Gasteiger charge is -2.26. The Hall–Kier alpha value is -3.19. The lowest BCUT2D eigenvalue weighted by atomic mass is 9.92. The first-order valence-electron chi connectivity index (χ1n) is 8.22. The third kappa shape index (κ3) is 3.09. The predicted octanol–water partition coefficient (Wildman–Crippen LogP) is 4.31. The van der Waals surface area contributed by atoms with Gasteiger partial charge in [0, 0.05) is 11.9 Å². The largest absolute Gasteiger partial charge is 0.497 e. The Morgan fingerprint density at radius 3 is 2.64 bits per heavy atom. The molecule has 4 heteroatoms. The zero-order valence-corrected chi connectivity index (χ0v) is 14.3. The van der Waals surface area contributed by atoms with Gasteiger partial charge in [-0.3, -0.25) is 0 Å². The van der Waals surface area contributed by atoms with E-state index < -0.39 is 0 Å². The Balaban J connectivity index is 2.11. The summed E-state index contributed by atoms with van der Waals surface area (Å²) in [5, 5.41) is 9.30. The number of methoxy groups -OCH3 is 1. The second kappa shape index (κ2) is 7.14. The summed E-state index contributed by atoms with van der Waals surface area (Å²) in [5.74, 6) is 0.809. The molecule has 2 aromatic rings. The van der Waals surface area contributed by atoms with Crippen LogP contribution in [0.2, 0.25) is 0 Å². The summed E-state index contributed by atoms with van der Waals surface area (Å²) in [5.41, 5.74) is 10.8. The van der Waals surface area contributed by atoms with Crippen molar-refractivity contribution >= 4 is 0 Å². The number of benzene rings is 2. The zero-order chi connectivity index (χ0) is 17.8. The maximum Gasteiger partial charge on any atom is 0.118 e. The molecule has 1 aliphatic heterocycles. The zero-order valence-electron chi connectivity index (χ0n) is 14.3. The molecule has 0 aliphatic carbocycles. The number of hydrogen-bond acceptors (Lipinski definition) is 4. The van der Waals surface area contributed by atoms with Crippen LogP contribution < -0.4 is 10.5 Å². The van der Waals surface area contributed by atoms with Gasteiger partial charge < -0.3 is 15.4 Å². The SMILES string of the molecule is C=CN1/C(=C\N)CCC1c1ccc(C#N)cc1-c1ccc(OC)cc1. The first kappa shape index (κ1) is 16.7. The molecule has 0 spiro atoms. The normalized spacial score (nSPS) is 18.2. The van der Waals surface area contributed by atoms with Gasteiger partial charge in [0.25, 0.3) is 0 Å². The van der Waals surface area contributed by atoms with E-state index in [4.69, 9.17) is 10.5 Å². The van der Waals surface area contributed by atoms with Crippen LogP contribution in [-0.4, -0.2) is 12.0 Å². The molecule has 2 N–H and O–H groups in total. The summed E-state index contributed by atoms with van der Waals surface area (Å²) >= 11 is 0.